The van der Waals surface area contributed by atoms with Gasteiger partial charge in [-0.25, -0.2) is 0 Å². The SMILES string of the molecule is C=CC1=CC(=O)CCC1(c1ccccc1)c1ccccc1. The molecule has 0 bridgehead atoms. The van der Waals surface area contributed by atoms with E-state index in [1.165, 1.54) is 11.1 Å². The third-order valence-electron chi connectivity index (χ3n) is 4.31. The van der Waals surface area contributed by atoms with E-state index in [0.717, 1.165) is 12.0 Å². The van der Waals surface area contributed by atoms with Crippen molar-refractivity contribution in [2.75, 3.05) is 0 Å². The number of benzene rings is 2. The second-order valence-electron chi connectivity index (χ2n) is 5.41. The summed E-state index contributed by atoms with van der Waals surface area (Å²) in [5, 5.41) is 0. The first-order chi connectivity index (χ1) is 10.3. The molecular weight excluding hydrogens is 256 g/mol. The number of allylic oxidation sites excluding steroid dienone is 3. The fraction of sp³-hybridized carbons (Fsp3) is 0.150. The molecule has 0 radical (unpaired) electrons. The van der Waals surface area contributed by atoms with E-state index in [4.69, 9.17) is 0 Å². The molecule has 1 nitrogen and oxygen atoms in total. The second kappa shape index (κ2) is 5.53. The topological polar surface area (TPSA) is 17.1 Å². The minimum absolute atomic E-state index is 0.187. The normalized spacial score (nSPS) is 17.1. The van der Waals surface area contributed by atoms with Gasteiger partial charge in [0.2, 0.25) is 0 Å². The molecule has 0 N–H and O–H groups in total. The zero-order chi connectivity index (χ0) is 14.7. The van der Waals surface area contributed by atoms with Gasteiger partial charge in [0.05, 0.1) is 0 Å². The largest absolute Gasteiger partial charge is 0.295 e. The van der Waals surface area contributed by atoms with E-state index in [1.807, 2.05) is 18.2 Å². The van der Waals surface area contributed by atoms with Crippen LogP contribution in [-0.2, 0) is 10.2 Å². The molecule has 0 spiro atoms. The fourth-order valence-corrected chi connectivity index (χ4v) is 3.29. The Hall–Kier alpha value is -2.41. The Morgan fingerprint density at radius 1 is 0.905 bits per heavy atom. The van der Waals surface area contributed by atoms with Crippen molar-refractivity contribution in [1.82, 2.24) is 0 Å². The molecule has 0 fully saturated rings. The zero-order valence-electron chi connectivity index (χ0n) is 12.0. The van der Waals surface area contributed by atoms with Gasteiger partial charge in [0, 0.05) is 11.8 Å². The number of carbonyl (C=O) groups is 1. The lowest BCUT2D eigenvalue weighted by molar-refractivity contribution is -0.115. The van der Waals surface area contributed by atoms with E-state index in [0.29, 0.717) is 6.42 Å². The van der Waals surface area contributed by atoms with Gasteiger partial charge < -0.3 is 0 Å². The number of rotatable bonds is 3. The first-order valence-electron chi connectivity index (χ1n) is 7.26. The third kappa shape index (κ3) is 2.25. The van der Waals surface area contributed by atoms with Gasteiger partial charge in [-0.05, 0) is 29.2 Å². The summed E-state index contributed by atoms with van der Waals surface area (Å²) in [5.74, 6) is 0.187. The van der Waals surface area contributed by atoms with Gasteiger partial charge in [0.1, 0.15) is 0 Å². The Bertz CT molecular complexity index is 641. The highest BCUT2D eigenvalue weighted by molar-refractivity contribution is 5.93. The molecule has 1 aliphatic rings. The maximum atomic E-state index is 11.9. The van der Waals surface area contributed by atoms with Crippen molar-refractivity contribution in [1.29, 1.82) is 0 Å². The molecule has 21 heavy (non-hydrogen) atoms. The molecule has 0 unspecified atom stereocenters. The average Bonchev–Trinajstić information content (AvgIpc) is 2.56. The molecule has 2 aromatic rings. The molecule has 104 valence electrons. The number of ketones is 1. The summed E-state index contributed by atoms with van der Waals surface area (Å²) in [6, 6.07) is 20.8. The Kier molecular flexibility index (Phi) is 3.57. The Morgan fingerprint density at radius 2 is 1.43 bits per heavy atom. The van der Waals surface area contributed by atoms with Crippen LogP contribution >= 0.6 is 0 Å². The second-order valence-corrected chi connectivity index (χ2v) is 5.41. The van der Waals surface area contributed by atoms with Gasteiger partial charge in [-0.15, -0.1) is 0 Å². The van der Waals surface area contributed by atoms with Crippen LogP contribution in [0.3, 0.4) is 0 Å². The van der Waals surface area contributed by atoms with Gasteiger partial charge in [-0.3, -0.25) is 4.79 Å². The summed E-state index contributed by atoms with van der Waals surface area (Å²) in [5.41, 5.74) is 3.17. The van der Waals surface area contributed by atoms with Crippen LogP contribution in [0.15, 0.2) is 85.0 Å². The summed E-state index contributed by atoms with van der Waals surface area (Å²) in [7, 11) is 0. The lowest BCUT2D eigenvalue weighted by Crippen LogP contribution is -2.33. The molecule has 1 heteroatoms. The van der Waals surface area contributed by atoms with Crippen molar-refractivity contribution >= 4 is 5.78 Å². The maximum Gasteiger partial charge on any atom is 0.156 e. The smallest absolute Gasteiger partial charge is 0.156 e. The Morgan fingerprint density at radius 3 is 1.90 bits per heavy atom. The van der Waals surface area contributed by atoms with Crippen molar-refractivity contribution in [3.63, 3.8) is 0 Å². The summed E-state index contributed by atoms with van der Waals surface area (Å²) >= 11 is 0. The summed E-state index contributed by atoms with van der Waals surface area (Å²) < 4.78 is 0. The molecule has 0 saturated carbocycles. The fourth-order valence-electron chi connectivity index (χ4n) is 3.29. The predicted molar refractivity (Wildman–Crippen MR) is 86.2 cm³/mol. The highest BCUT2D eigenvalue weighted by Crippen LogP contribution is 2.45. The maximum absolute atomic E-state index is 11.9. The molecule has 3 rings (SSSR count). The number of hydrogen-bond donors (Lipinski definition) is 0. The monoisotopic (exact) mass is 274 g/mol. The van der Waals surface area contributed by atoms with E-state index < -0.39 is 0 Å². The first-order valence-corrected chi connectivity index (χ1v) is 7.26. The van der Waals surface area contributed by atoms with Gasteiger partial charge in [0.15, 0.2) is 5.78 Å². The van der Waals surface area contributed by atoms with Gasteiger partial charge in [0.25, 0.3) is 0 Å². The van der Waals surface area contributed by atoms with E-state index in [2.05, 4.69) is 55.1 Å². The van der Waals surface area contributed by atoms with Crippen molar-refractivity contribution in [2.45, 2.75) is 18.3 Å². The van der Waals surface area contributed by atoms with Crippen molar-refractivity contribution in [3.8, 4) is 0 Å². The van der Waals surface area contributed by atoms with Crippen LogP contribution in [-0.4, -0.2) is 5.78 Å². The number of carbonyl (C=O) groups excluding carboxylic acids is 1. The van der Waals surface area contributed by atoms with Gasteiger partial charge in [-0.1, -0.05) is 73.3 Å². The molecule has 0 atom stereocenters. The van der Waals surface area contributed by atoms with Gasteiger partial charge >= 0.3 is 0 Å². The highest BCUT2D eigenvalue weighted by atomic mass is 16.1. The quantitative estimate of drug-likeness (QED) is 0.808. The van der Waals surface area contributed by atoms with Crippen LogP contribution in [0.1, 0.15) is 24.0 Å². The molecule has 0 aliphatic heterocycles. The summed E-state index contributed by atoms with van der Waals surface area (Å²) in [6.45, 7) is 3.94. The molecule has 0 amide bonds. The average molecular weight is 274 g/mol. The predicted octanol–water partition coefficient (Wildman–Crippen LogP) is 4.45. The molecular formula is C20H18O. The van der Waals surface area contributed by atoms with Crippen LogP contribution in [0, 0.1) is 0 Å². The van der Waals surface area contributed by atoms with Crippen LogP contribution in [0.4, 0.5) is 0 Å². The summed E-state index contributed by atoms with van der Waals surface area (Å²) in [4.78, 5) is 11.9. The molecule has 0 heterocycles. The van der Waals surface area contributed by atoms with E-state index in [1.54, 1.807) is 6.08 Å². The van der Waals surface area contributed by atoms with Crippen LogP contribution < -0.4 is 0 Å². The minimum atomic E-state index is -0.266. The van der Waals surface area contributed by atoms with Crippen molar-refractivity contribution < 1.29 is 4.79 Å². The zero-order valence-corrected chi connectivity index (χ0v) is 12.0. The lowest BCUT2D eigenvalue weighted by Gasteiger charge is -2.38. The number of hydrogen-bond acceptors (Lipinski definition) is 1. The molecule has 2 aromatic carbocycles. The van der Waals surface area contributed by atoms with Crippen molar-refractivity contribution in [2.24, 2.45) is 0 Å². The lowest BCUT2D eigenvalue weighted by atomic mass is 9.63. The minimum Gasteiger partial charge on any atom is -0.295 e. The Labute approximate surface area is 125 Å². The van der Waals surface area contributed by atoms with Crippen LogP contribution in [0.2, 0.25) is 0 Å². The third-order valence-corrected chi connectivity index (χ3v) is 4.31. The van der Waals surface area contributed by atoms with E-state index in [-0.39, 0.29) is 11.2 Å². The first kappa shape index (κ1) is 13.6. The van der Waals surface area contributed by atoms with E-state index in [9.17, 15) is 4.79 Å². The van der Waals surface area contributed by atoms with Crippen molar-refractivity contribution in [3.05, 3.63) is 96.1 Å². The van der Waals surface area contributed by atoms with E-state index >= 15 is 0 Å². The molecule has 0 saturated heterocycles. The standard InChI is InChI=1S/C20H18O/c1-2-16-15-19(21)13-14-20(16,17-9-5-3-6-10-17)18-11-7-4-8-12-18/h2-12,15H,1,13-14H2. The molecule has 1 aliphatic carbocycles. The van der Waals surface area contributed by atoms with Gasteiger partial charge in [-0.2, -0.15) is 0 Å². The highest BCUT2D eigenvalue weighted by Gasteiger charge is 2.39. The summed E-state index contributed by atoms with van der Waals surface area (Å²) in [6.07, 6.45) is 4.95. The van der Waals surface area contributed by atoms with Crippen LogP contribution in [0.5, 0.6) is 0 Å². The molecule has 0 aromatic heterocycles. The van der Waals surface area contributed by atoms with Crippen LogP contribution in [0.25, 0.3) is 0 Å². The Balaban J connectivity index is 2.28.